The van der Waals surface area contributed by atoms with E-state index in [1.54, 1.807) is 0 Å². The van der Waals surface area contributed by atoms with Gasteiger partial charge in [0, 0.05) is 16.5 Å². The largest absolute Gasteiger partial charge is 0.493 e. The molecule has 1 aromatic heterocycles. The maximum Gasteiger partial charge on any atom is 0.224 e. The van der Waals surface area contributed by atoms with Crippen LogP contribution in [0.4, 0.5) is 11.6 Å². The van der Waals surface area contributed by atoms with Gasteiger partial charge in [-0.1, -0.05) is 62.3 Å². The van der Waals surface area contributed by atoms with E-state index in [-0.39, 0.29) is 11.4 Å². The molecule has 3 rings (SSSR count). The zero-order chi connectivity index (χ0) is 21.6. The monoisotopic (exact) mass is 443 g/mol. The molecule has 0 fully saturated rings. The van der Waals surface area contributed by atoms with Crippen molar-refractivity contribution >= 4 is 35.0 Å². The average molecular weight is 444 g/mol. The SMILES string of the molecule is CC(C)(C)c1ccc(OCCSc2nc(N)nc(CNc3cccc(Cl)c3)n2)cc1. The van der Waals surface area contributed by atoms with Gasteiger partial charge in [-0.25, -0.2) is 4.98 Å². The minimum atomic E-state index is 0.131. The minimum absolute atomic E-state index is 0.131. The van der Waals surface area contributed by atoms with E-state index in [1.165, 1.54) is 17.3 Å². The summed E-state index contributed by atoms with van der Waals surface area (Å²) in [5.74, 6) is 2.33. The van der Waals surface area contributed by atoms with Crippen LogP contribution in [0.3, 0.4) is 0 Å². The van der Waals surface area contributed by atoms with E-state index in [0.717, 1.165) is 11.4 Å². The first kappa shape index (κ1) is 22.2. The topological polar surface area (TPSA) is 86.0 Å². The molecule has 0 unspecified atom stereocenters. The van der Waals surface area contributed by atoms with Crippen LogP contribution in [0.2, 0.25) is 5.02 Å². The van der Waals surface area contributed by atoms with Crippen LogP contribution < -0.4 is 15.8 Å². The predicted molar refractivity (Wildman–Crippen MR) is 124 cm³/mol. The number of hydrogen-bond donors (Lipinski definition) is 2. The highest BCUT2D eigenvalue weighted by Gasteiger charge is 2.13. The number of nitrogens with zero attached hydrogens (tertiary/aromatic N) is 3. The summed E-state index contributed by atoms with van der Waals surface area (Å²) in [4.78, 5) is 12.9. The van der Waals surface area contributed by atoms with E-state index in [2.05, 4.69) is 53.2 Å². The molecule has 0 aliphatic rings. The quantitative estimate of drug-likeness (QED) is 0.366. The number of ether oxygens (including phenoxy) is 1. The summed E-state index contributed by atoms with van der Waals surface area (Å²) < 4.78 is 5.82. The first-order chi connectivity index (χ1) is 14.3. The van der Waals surface area contributed by atoms with Gasteiger partial charge in [-0.3, -0.25) is 0 Å². The van der Waals surface area contributed by atoms with E-state index < -0.39 is 0 Å². The number of aromatic nitrogens is 3. The number of thioether (sulfide) groups is 1. The Hall–Kier alpha value is -2.51. The summed E-state index contributed by atoms with van der Waals surface area (Å²) in [5.41, 5.74) is 8.14. The van der Waals surface area contributed by atoms with Crippen LogP contribution in [-0.2, 0) is 12.0 Å². The second kappa shape index (κ2) is 10.00. The van der Waals surface area contributed by atoms with Crippen molar-refractivity contribution in [3.8, 4) is 5.75 Å². The molecule has 3 aromatic rings. The molecule has 0 saturated heterocycles. The molecule has 30 heavy (non-hydrogen) atoms. The van der Waals surface area contributed by atoms with Gasteiger partial charge >= 0.3 is 0 Å². The molecule has 0 bridgehead atoms. The zero-order valence-corrected chi connectivity index (χ0v) is 18.9. The fourth-order valence-electron chi connectivity index (χ4n) is 2.68. The Kier molecular flexibility index (Phi) is 7.39. The fourth-order valence-corrected chi connectivity index (χ4v) is 3.55. The van der Waals surface area contributed by atoms with Crippen molar-refractivity contribution in [2.45, 2.75) is 37.9 Å². The second-order valence-corrected chi connectivity index (χ2v) is 9.23. The molecule has 3 N–H and O–H groups in total. The van der Waals surface area contributed by atoms with Crippen molar-refractivity contribution in [1.82, 2.24) is 15.0 Å². The van der Waals surface area contributed by atoms with E-state index in [0.29, 0.717) is 34.9 Å². The van der Waals surface area contributed by atoms with Crippen molar-refractivity contribution in [2.24, 2.45) is 0 Å². The summed E-state index contributed by atoms with van der Waals surface area (Å²) in [6, 6.07) is 15.7. The minimum Gasteiger partial charge on any atom is -0.493 e. The van der Waals surface area contributed by atoms with Gasteiger partial charge in [-0.05, 0) is 41.3 Å². The third-order valence-corrected chi connectivity index (χ3v) is 5.30. The van der Waals surface area contributed by atoms with Crippen molar-refractivity contribution in [1.29, 1.82) is 0 Å². The van der Waals surface area contributed by atoms with E-state index in [9.17, 15) is 0 Å². The van der Waals surface area contributed by atoms with Gasteiger partial charge in [0.15, 0.2) is 11.0 Å². The van der Waals surface area contributed by atoms with Crippen LogP contribution in [0.25, 0.3) is 0 Å². The molecule has 6 nitrogen and oxygen atoms in total. The standard InChI is InChI=1S/C22H26ClN5OS/c1-22(2,3)15-7-9-18(10-8-15)29-11-12-30-21-27-19(26-20(24)28-21)14-25-17-6-4-5-16(23)13-17/h4-10,13,25H,11-12,14H2,1-3H3,(H2,24,26,27,28). The highest BCUT2D eigenvalue weighted by Crippen LogP contribution is 2.24. The molecule has 2 aromatic carbocycles. The third-order valence-electron chi connectivity index (χ3n) is 4.26. The zero-order valence-electron chi connectivity index (χ0n) is 17.4. The smallest absolute Gasteiger partial charge is 0.224 e. The third kappa shape index (κ3) is 6.78. The maximum atomic E-state index is 6.00. The molecule has 0 spiro atoms. The lowest BCUT2D eigenvalue weighted by molar-refractivity contribution is 0.343. The van der Waals surface area contributed by atoms with Gasteiger partial charge < -0.3 is 15.8 Å². The van der Waals surface area contributed by atoms with Gasteiger partial charge in [-0.2, -0.15) is 9.97 Å². The number of halogens is 1. The summed E-state index contributed by atoms with van der Waals surface area (Å²) in [6.07, 6.45) is 0. The first-order valence-corrected chi connectivity index (χ1v) is 11.0. The fraction of sp³-hybridized carbons (Fsp3) is 0.318. The lowest BCUT2D eigenvalue weighted by Gasteiger charge is -2.19. The number of nitrogens with one attached hydrogen (secondary N) is 1. The van der Waals surface area contributed by atoms with Crippen molar-refractivity contribution in [2.75, 3.05) is 23.4 Å². The first-order valence-electron chi connectivity index (χ1n) is 9.65. The average Bonchev–Trinajstić information content (AvgIpc) is 2.69. The highest BCUT2D eigenvalue weighted by atomic mass is 35.5. The Bertz CT molecular complexity index is 976. The molecule has 0 aliphatic carbocycles. The van der Waals surface area contributed by atoms with Crippen molar-refractivity contribution < 1.29 is 4.74 Å². The van der Waals surface area contributed by atoms with Crippen molar-refractivity contribution in [3.63, 3.8) is 0 Å². The molecule has 0 atom stereocenters. The molecule has 8 heteroatoms. The molecule has 0 aliphatic heterocycles. The number of benzene rings is 2. The summed E-state index contributed by atoms with van der Waals surface area (Å²) in [6.45, 7) is 7.55. The maximum absolute atomic E-state index is 6.00. The van der Waals surface area contributed by atoms with Gasteiger partial charge in [0.25, 0.3) is 0 Å². The molecule has 158 valence electrons. The molecular weight excluding hydrogens is 418 g/mol. The summed E-state index contributed by atoms with van der Waals surface area (Å²) in [7, 11) is 0. The number of nitrogen functional groups attached to an aromatic ring is 1. The number of nitrogens with two attached hydrogens (primary N) is 1. The summed E-state index contributed by atoms with van der Waals surface area (Å²) in [5, 5.41) is 4.48. The van der Waals surface area contributed by atoms with Gasteiger partial charge in [0.05, 0.1) is 13.2 Å². The second-order valence-electron chi connectivity index (χ2n) is 7.73. The molecule has 0 radical (unpaired) electrons. The Morgan fingerprint density at radius 1 is 1.07 bits per heavy atom. The van der Waals surface area contributed by atoms with Crippen LogP contribution in [0.15, 0.2) is 53.7 Å². The molecule has 1 heterocycles. The van der Waals surface area contributed by atoms with Crippen molar-refractivity contribution in [3.05, 3.63) is 64.9 Å². The van der Waals surface area contributed by atoms with E-state index in [1.807, 2.05) is 36.4 Å². The van der Waals surface area contributed by atoms with Gasteiger partial charge in [0.2, 0.25) is 5.95 Å². The Balaban J connectivity index is 1.49. The Morgan fingerprint density at radius 2 is 1.83 bits per heavy atom. The number of hydrogen-bond acceptors (Lipinski definition) is 7. The lowest BCUT2D eigenvalue weighted by Crippen LogP contribution is -2.11. The Labute approximate surface area is 186 Å². The lowest BCUT2D eigenvalue weighted by atomic mass is 9.87. The van der Waals surface area contributed by atoms with Crippen LogP contribution in [0.5, 0.6) is 5.75 Å². The normalized spacial score (nSPS) is 11.3. The van der Waals surface area contributed by atoms with E-state index in [4.69, 9.17) is 22.1 Å². The van der Waals surface area contributed by atoms with Crippen LogP contribution >= 0.6 is 23.4 Å². The predicted octanol–water partition coefficient (Wildman–Crippen LogP) is 5.19. The van der Waals surface area contributed by atoms with Gasteiger partial charge in [0.1, 0.15) is 5.75 Å². The number of anilines is 2. The Morgan fingerprint density at radius 3 is 2.53 bits per heavy atom. The molecule has 0 amide bonds. The van der Waals surface area contributed by atoms with Crippen LogP contribution in [-0.4, -0.2) is 27.3 Å². The summed E-state index contributed by atoms with van der Waals surface area (Å²) >= 11 is 7.49. The van der Waals surface area contributed by atoms with E-state index >= 15 is 0 Å². The van der Waals surface area contributed by atoms with Crippen LogP contribution in [0, 0.1) is 0 Å². The van der Waals surface area contributed by atoms with Gasteiger partial charge in [-0.15, -0.1) is 0 Å². The molecule has 0 saturated carbocycles. The highest BCUT2D eigenvalue weighted by molar-refractivity contribution is 7.99. The number of rotatable bonds is 8. The molecular formula is C22H26ClN5OS. The van der Waals surface area contributed by atoms with Crippen LogP contribution in [0.1, 0.15) is 32.2 Å².